The number of nitrogens with one attached hydrogen (secondary N) is 1. The van der Waals surface area contributed by atoms with E-state index >= 15 is 0 Å². The Morgan fingerprint density at radius 2 is 1.04 bits per heavy atom. The highest BCUT2D eigenvalue weighted by molar-refractivity contribution is 7.10. The normalized spacial score (nSPS) is 17.2. The van der Waals surface area contributed by atoms with Gasteiger partial charge in [-0.3, -0.25) is 28.8 Å². The number of aromatic amines is 1. The molecule has 3 aliphatic rings. The van der Waals surface area contributed by atoms with Gasteiger partial charge in [0.1, 0.15) is 40.5 Å². The van der Waals surface area contributed by atoms with E-state index in [0.29, 0.717) is 38.5 Å². The molecule has 0 radical (unpaired) electrons. The van der Waals surface area contributed by atoms with Gasteiger partial charge in [0.25, 0.3) is 0 Å². The van der Waals surface area contributed by atoms with E-state index in [2.05, 4.69) is 4.98 Å². The summed E-state index contributed by atoms with van der Waals surface area (Å²) in [5, 5.41) is 1.99. The van der Waals surface area contributed by atoms with Crippen LogP contribution in [-0.4, -0.2) is 39.7 Å². The van der Waals surface area contributed by atoms with E-state index in [-0.39, 0.29) is 71.7 Å². The molecule has 246 valence electrons. The average molecular weight is 640 g/mol. The zero-order valence-electron chi connectivity index (χ0n) is 27.6. The van der Waals surface area contributed by atoms with Gasteiger partial charge in [-0.25, -0.2) is 0 Å². The maximum Gasteiger partial charge on any atom is 0.140 e. The molecule has 1 N–H and O–H groups in total. The lowest BCUT2D eigenvalue weighted by atomic mass is 9.85. The second-order valence-electron chi connectivity index (χ2n) is 10.2. The fourth-order valence-electron chi connectivity index (χ4n) is 5.23. The molecule has 9 heteroatoms. The van der Waals surface area contributed by atoms with Crippen LogP contribution in [0.1, 0.15) is 133 Å². The van der Waals surface area contributed by atoms with Crippen LogP contribution in [0.5, 0.6) is 0 Å². The molecule has 0 amide bonds. The van der Waals surface area contributed by atoms with Gasteiger partial charge in [-0.05, 0) is 35.7 Å². The second kappa shape index (κ2) is 21.9. The largest absolute Gasteiger partial charge is 0.469 e. The maximum absolute atomic E-state index is 11.2. The van der Waals surface area contributed by atoms with Crippen molar-refractivity contribution in [2.45, 2.75) is 117 Å². The van der Waals surface area contributed by atoms with Crippen molar-refractivity contribution in [1.82, 2.24) is 4.98 Å². The van der Waals surface area contributed by atoms with Gasteiger partial charge in [0, 0.05) is 73.0 Å². The Balaban J connectivity index is 0.000000311. The molecule has 0 saturated heterocycles. The van der Waals surface area contributed by atoms with Gasteiger partial charge >= 0.3 is 0 Å². The number of H-pyrrole nitrogens is 1. The van der Waals surface area contributed by atoms with Crippen molar-refractivity contribution in [3.05, 3.63) is 70.6 Å². The maximum atomic E-state index is 11.2. The topological polar surface area (TPSA) is 131 Å². The predicted molar refractivity (Wildman–Crippen MR) is 178 cm³/mol. The first-order chi connectivity index (χ1) is 21.8. The monoisotopic (exact) mass is 639 g/mol. The molecular weight excluding hydrogens is 590 g/mol. The summed E-state index contributed by atoms with van der Waals surface area (Å²) in [6.45, 7) is 12.0. The van der Waals surface area contributed by atoms with E-state index in [9.17, 15) is 28.8 Å². The SMILES string of the molecule is CC.CC.CC.O=C1CC(=O)CC(c2ccc[nH]2)C1.O=C1CC(=O)CC(c2ccco2)C1.O=C1CC(=O)CC(c2cccs2)C1. The third-order valence-corrected chi connectivity index (χ3v) is 8.02. The number of Topliss-reactive ketones (excluding diaryl/α,β-unsaturated/α-hetero) is 6. The van der Waals surface area contributed by atoms with Crippen molar-refractivity contribution in [2.24, 2.45) is 0 Å². The quantitative estimate of drug-likeness (QED) is 0.285. The van der Waals surface area contributed by atoms with Crippen LogP contribution >= 0.6 is 11.3 Å². The Hall–Kier alpha value is -3.72. The summed E-state index contributed by atoms with van der Waals surface area (Å²) in [5.74, 6) is 1.34. The van der Waals surface area contributed by atoms with Crippen LogP contribution in [0.4, 0.5) is 0 Å². The molecule has 0 atom stereocenters. The Morgan fingerprint density at radius 1 is 0.578 bits per heavy atom. The van der Waals surface area contributed by atoms with Gasteiger partial charge in [-0.1, -0.05) is 47.6 Å². The number of hydrogen-bond donors (Lipinski definition) is 1. The molecule has 3 aliphatic carbocycles. The Labute approximate surface area is 271 Å². The molecule has 0 aromatic carbocycles. The van der Waals surface area contributed by atoms with Crippen molar-refractivity contribution in [3.8, 4) is 0 Å². The molecule has 8 nitrogen and oxygen atoms in total. The zero-order valence-corrected chi connectivity index (χ0v) is 28.4. The predicted octanol–water partition coefficient (Wildman–Crippen LogP) is 8.34. The second-order valence-corrected chi connectivity index (χ2v) is 11.2. The molecule has 0 unspecified atom stereocenters. The smallest absolute Gasteiger partial charge is 0.140 e. The van der Waals surface area contributed by atoms with Crippen molar-refractivity contribution in [3.63, 3.8) is 0 Å². The molecular formula is C36H49NO7S. The molecule has 6 rings (SSSR count). The summed E-state index contributed by atoms with van der Waals surface area (Å²) in [4.78, 5) is 71.1. The number of thiophene rings is 1. The first kappa shape index (κ1) is 39.3. The van der Waals surface area contributed by atoms with Gasteiger partial charge in [0.05, 0.1) is 25.5 Å². The van der Waals surface area contributed by atoms with E-state index in [1.165, 1.54) is 4.88 Å². The van der Waals surface area contributed by atoms with E-state index < -0.39 is 0 Å². The van der Waals surface area contributed by atoms with Gasteiger partial charge < -0.3 is 9.40 Å². The third-order valence-electron chi connectivity index (χ3n) is 6.98. The van der Waals surface area contributed by atoms with Gasteiger partial charge in [0.15, 0.2) is 0 Å². The highest BCUT2D eigenvalue weighted by Crippen LogP contribution is 2.32. The molecule has 0 aliphatic heterocycles. The first-order valence-corrected chi connectivity index (χ1v) is 16.9. The Bertz CT molecular complexity index is 1100. The molecule has 3 saturated carbocycles. The lowest BCUT2D eigenvalue weighted by molar-refractivity contribution is -0.131. The van der Waals surface area contributed by atoms with Crippen molar-refractivity contribution < 1.29 is 33.2 Å². The Kier molecular flexibility index (Phi) is 19.1. The summed E-state index contributed by atoms with van der Waals surface area (Å²) >= 11 is 1.63. The Morgan fingerprint density at radius 3 is 1.42 bits per heavy atom. The summed E-state index contributed by atoms with van der Waals surface area (Å²) in [5.41, 5.74) is 1.00. The van der Waals surface area contributed by atoms with E-state index in [1.807, 2.05) is 83.5 Å². The highest BCUT2D eigenvalue weighted by atomic mass is 32.1. The van der Waals surface area contributed by atoms with Crippen LogP contribution < -0.4 is 0 Å². The van der Waals surface area contributed by atoms with E-state index in [0.717, 1.165) is 11.5 Å². The summed E-state index contributed by atoms with van der Waals surface area (Å²) in [6, 6.07) is 11.4. The molecule has 3 fully saturated rings. The van der Waals surface area contributed by atoms with Crippen LogP contribution in [0.25, 0.3) is 0 Å². The average Bonchev–Trinajstić information content (AvgIpc) is 3.84. The minimum absolute atomic E-state index is 0.0243. The number of carbonyl (C=O) groups is 6. The summed E-state index contributed by atoms with van der Waals surface area (Å²) in [7, 11) is 0. The number of rotatable bonds is 3. The van der Waals surface area contributed by atoms with Crippen LogP contribution in [0, 0.1) is 0 Å². The fourth-order valence-corrected chi connectivity index (χ4v) is 6.06. The first-order valence-electron chi connectivity index (χ1n) is 16.1. The van der Waals surface area contributed by atoms with Gasteiger partial charge in [-0.2, -0.15) is 0 Å². The van der Waals surface area contributed by atoms with Crippen LogP contribution in [-0.2, 0) is 28.8 Å². The molecule has 0 spiro atoms. The number of ketones is 6. The standard InChI is InChI=1S/C10H11NO2.C10H10O3.C10H10O2S.3C2H6/c12-8-4-7(5-9(13)6-8)10-2-1-3-11-10;2*11-8-4-7(5-9(12)6-8)10-2-1-3-13-10;3*1-2/h1-3,7,11H,4-6H2;2*1-3,7H,4-6H2;3*1-2H3. The number of carbonyl (C=O) groups excluding carboxylic acids is 6. The third kappa shape index (κ3) is 13.9. The molecule has 0 bridgehead atoms. The highest BCUT2D eigenvalue weighted by Gasteiger charge is 2.29. The van der Waals surface area contributed by atoms with E-state index in [1.54, 1.807) is 23.7 Å². The summed E-state index contributed by atoms with van der Waals surface area (Å²) < 4.78 is 5.17. The van der Waals surface area contributed by atoms with Crippen LogP contribution in [0.15, 0.2) is 58.7 Å². The zero-order chi connectivity index (χ0) is 33.8. The van der Waals surface area contributed by atoms with Gasteiger partial charge in [0.2, 0.25) is 0 Å². The lowest BCUT2D eigenvalue weighted by Gasteiger charge is -2.18. The molecule has 3 aromatic rings. The minimum Gasteiger partial charge on any atom is -0.469 e. The van der Waals surface area contributed by atoms with Crippen LogP contribution in [0.3, 0.4) is 0 Å². The number of furan rings is 1. The van der Waals surface area contributed by atoms with E-state index in [4.69, 9.17) is 4.42 Å². The molecule has 3 heterocycles. The molecule has 3 aromatic heterocycles. The van der Waals surface area contributed by atoms with Crippen LogP contribution in [0.2, 0.25) is 0 Å². The lowest BCUT2D eigenvalue weighted by Crippen LogP contribution is -2.21. The van der Waals surface area contributed by atoms with Crippen molar-refractivity contribution in [1.29, 1.82) is 0 Å². The van der Waals surface area contributed by atoms with Crippen molar-refractivity contribution in [2.75, 3.05) is 0 Å². The van der Waals surface area contributed by atoms with Gasteiger partial charge in [-0.15, -0.1) is 11.3 Å². The molecule has 45 heavy (non-hydrogen) atoms. The minimum atomic E-state index is -0.0243. The number of aromatic nitrogens is 1. The van der Waals surface area contributed by atoms with Crippen molar-refractivity contribution >= 4 is 46.0 Å². The fraction of sp³-hybridized carbons (Fsp3) is 0.500. The number of hydrogen-bond acceptors (Lipinski definition) is 8. The summed E-state index contributed by atoms with van der Waals surface area (Å²) in [6.07, 6.45) is 6.78.